The van der Waals surface area contributed by atoms with E-state index in [0.29, 0.717) is 43.9 Å². The number of likely N-dealkylation sites (tertiary alicyclic amines) is 1. The summed E-state index contributed by atoms with van der Waals surface area (Å²) in [5, 5.41) is 2.89. The van der Waals surface area contributed by atoms with E-state index in [0.717, 1.165) is 11.3 Å². The van der Waals surface area contributed by atoms with E-state index in [1.165, 1.54) is 12.1 Å². The van der Waals surface area contributed by atoms with Crippen molar-refractivity contribution in [2.45, 2.75) is 32.1 Å². The van der Waals surface area contributed by atoms with Gasteiger partial charge >= 0.3 is 0 Å². The van der Waals surface area contributed by atoms with Crippen LogP contribution < -0.4 is 5.32 Å². The maximum Gasteiger partial charge on any atom is 0.274 e. The second-order valence-electron chi connectivity index (χ2n) is 8.34. The lowest BCUT2D eigenvalue weighted by Crippen LogP contribution is -2.42. The Morgan fingerprint density at radius 1 is 1.12 bits per heavy atom. The smallest absolute Gasteiger partial charge is 0.274 e. The Labute approximate surface area is 190 Å². The largest absolute Gasteiger partial charge is 0.365 e. The number of hydrogen-bond donors (Lipinski definition) is 1. The number of amides is 2. The van der Waals surface area contributed by atoms with Crippen molar-refractivity contribution in [3.05, 3.63) is 77.9 Å². The number of hydrogen-bond acceptors (Lipinski definition) is 5. The standard InChI is InChI=1S/C24H24FN5O3/c25-18-5-3-16(4-6-18)21-13-30-15-27-22(20(30)14-33-21)24(32)29-10-7-17(8-11-29)23(31)28-19-2-1-9-26-12-19/h1-6,9,12,15,17,21H,7-8,10-11,13-14H2,(H,28,31)/t21-/m0/s1. The molecule has 0 radical (unpaired) electrons. The molecule has 0 aliphatic carbocycles. The van der Waals surface area contributed by atoms with Gasteiger partial charge in [-0.05, 0) is 42.7 Å². The molecule has 33 heavy (non-hydrogen) atoms. The molecular formula is C24H24FN5O3. The molecular weight excluding hydrogens is 425 g/mol. The van der Waals surface area contributed by atoms with Gasteiger partial charge in [0, 0.05) is 25.2 Å². The van der Waals surface area contributed by atoms with Crippen LogP contribution in [-0.4, -0.2) is 44.3 Å². The molecule has 1 aromatic carbocycles. The summed E-state index contributed by atoms with van der Waals surface area (Å²) in [6.07, 6.45) is 5.90. The van der Waals surface area contributed by atoms with E-state index in [4.69, 9.17) is 4.74 Å². The van der Waals surface area contributed by atoms with Gasteiger partial charge in [0.05, 0.1) is 37.1 Å². The van der Waals surface area contributed by atoms with Gasteiger partial charge in [0.2, 0.25) is 5.91 Å². The SMILES string of the molecule is O=C(Nc1cccnc1)C1CCN(C(=O)c2ncn3c2CO[C@H](c2ccc(F)cc2)C3)CC1. The van der Waals surface area contributed by atoms with Crippen molar-refractivity contribution in [3.8, 4) is 0 Å². The molecule has 5 rings (SSSR count). The highest BCUT2D eigenvalue weighted by atomic mass is 19.1. The number of piperidine rings is 1. The predicted molar refractivity (Wildman–Crippen MR) is 118 cm³/mol. The third-order valence-corrected chi connectivity index (χ3v) is 6.26. The topological polar surface area (TPSA) is 89.4 Å². The summed E-state index contributed by atoms with van der Waals surface area (Å²) in [6, 6.07) is 9.82. The minimum absolute atomic E-state index is 0.0466. The molecule has 9 heteroatoms. The Morgan fingerprint density at radius 3 is 2.64 bits per heavy atom. The fourth-order valence-corrected chi connectivity index (χ4v) is 4.36. The number of nitrogens with zero attached hydrogens (tertiary/aromatic N) is 4. The molecule has 1 N–H and O–H groups in total. The van der Waals surface area contributed by atoms with Gasteiger partial charge in [-0.15, -0.1) is 0 Å². The van der Waals surface area contributed by atoms with Crippen LogP contribution in [0.25, 0.3) is 0 Å². The first kappa shape index (κ1) is 21.3. The quantitative estimate of drug-likeness (QED) is 0.661. The number of imidazole rings is 1. The molecule has 2 aliphatic rings. The number of rotatable bonds is 4. The molecule has 1 fully saturated rings. The number of carbonyl (C=O) groups excluding carboxylic acids is 2. The van der Waals surface area contributed by atoms with Crippen LogP contribution in [0.4, 0.5) is 10.1 Å². The van der Waals surface area contributed by atoms with Crippen molar-refractivity contribution in [1.82, 2.24) is 19.4 Å². The zero-order valence-corrected chi connectivity index (χ0v) is 18.0. The fourth-order valence-electron chi connectivity index (χ4n) is 4.36. The van der Waals surface area contributed by atoms with Gasteiger partial charge in [-0.1, -0.05) is 12.1 Å². The minimum Gasteiger partial charge on any atom is -0.365 e. The van der Waals surface area contributed by atoms with Gasteiger partial charge in [0.15, 0.2) is 5.69 Å². The zero-order chi connectivity index (χ0) is 22.8. The Balaban J connectivity index is 1.19. The van der Waals surface area contributed by atoms with Crippen LogP contribution in [-0.2, 0) is 22.7 Å². The van der Waals surface area contributed by atoms with Crippen LogP contribution in [0.1, 0.15) is 40.7 Å². The third-order valence-electron chi connectivity index (χ3n) is 6.26. The number of aromatic nitrogens is 3. The van der Waals surface area contributed by atoms with Gasteiger partial charge in [-0.25, -0.2) is 9.37 Å². The molecule has 2 aromatic heterocycles. The van der Waals surface area contributed by atoms with E-state index in [9.17, 15) is 14.0 Å². The second-order valence-corrected chi connectivity index (χ2v) is 8.34. The molecule has 0 unspecified atom stereocenters. The lowest BCUT2D eigenvalue weighted by atomic mass is 9.95. The van der Waals surface area contributed by atoms with Crippen LogP contribution in [0.5, 0.6) is 0 Å². The second kappa shape index (κ2) is 9.11. The average molecular weight is 449 g/mol. The summed E-state index contributed by atoms with van der Waals surface area (Å²) in [7, 11) is 0. The van der Waals surface area contributed by atoms with Crippen molar-refractivity contribution in [1.29, 1.82) is 0 Å². The number of carbonyl (C=O) groups is 2. The Bertz CT molecular complexity index is 1140. The Morgan fingerprint density at radius 2 is 1.91 bits per heavy atom. The van der Waals surface area contributed by atoms with Crippen LogP contribution in [0.2, 0.25) is 0 Å². The lowest BCUT2D eigenvalue weighted by molar-refractivity contribution is -0.121. The normalized spacial score (nSPS) is 18.6. The van der Waals surface area contributed by atoms with Gasteiger partial charge in [0.25, 0.3) is 5.91 Å². The van der Waals surface area contributed by atoms with E-state index < -0.39 is 0 Å². The molecule has 2 aliphatic heterocycles. The molecule has 170 valence electrons. The molecule has 3 aromatic rings. The first-order valence-electron chi connectivity index (χ1n) is 11.0. The highest BCUT2D eigenvalue weighted by molar-refractivity contribution is 5.95. The lowest BCUT2D eigenvalue weighted by Gasteiger charge is -2.31. The molecule has 1 saturated heterocycles. The summed E-state index contributed by atoms with van der Waals surface area (Å²) in [4.78, 5) is 35.8. The monoisotopic (exact) mass is 449 g/mol. The first-order chi connectivity index (χ1) is 16.1. The van der Waals surface area contributed by atoms with Crippen LogP contribution >= 0.6 is 0 Å². The highest BCUT2D eigenvalue weighted by Crippen LogP contribution is 2.29. The molecule has 2 amide bonds. The van der Waals surface area contributed by atoms with Crippen molar-refractivity contribution in [2.24, 2.45) is 5.92 Å². The highest BCUT2D eigenvalue weighted by Gasteiger charge is 2.32. The fraction of sp³-hybridized carbons (Fsp3) is 0.333. The van der Waals surface area contributed by atoms with Gasteiger partial charge in [0.1, 0.15) is 11.9 Å². The van der Waals surface area contributed by atoms with Crippen LogP contribution in [0.3, 0.4) is 0 Å². The van der Waals surface area contributed by atoms with E-state index in [1.807, 2.05) is 4.57 Å². The maximum absolute atomic E-state index is 13.2. The van der Waals surface area contributed by atoms with Crippen LogP contribution in [0, 0.1) is 11.7 Å². The van der Waals surface area contributed by atoms with Crippen LogP contribution in [0.15, 0.2) is 55.1 Å². The number of fused-ring (bicyclic) bond motifs is 1. The molecule has 8 nitrogen and oxygen atoms in total. The van der Waals surface area contributed by atoms with Crippen molar-refractivity contribution in [2.75, 3.05) is 18.4 Å². The number of anilines is 1. The summed E-state index contributed by atoms with van der Waals surface area (Å²) < 4.78 is 21.1. The van der Waals surface area contributed by atoms with Crippen molar-refractivity contribution >= 4 is 17.5 Å². The summed E-state index contributed by atoms with van der Waals surface area (Å²) in [5.41, 5.74) is 2.69. The van der Waals surface area contributed by atoms with E-state index in [2.05, 4.69) is 15.3 Å². The van der Waals surface area contributed by atoms with Crippen molar-refractivity contribution < 1.29 is 18.7 Å². The molecule has 0 spiro atoms. The predicted octanol–water partition coefficient (Wildman–Crippen LogP) is 3.18. The van der Waals surface area contributed by atoms with Gasteiger partial charge in [-0.2, -0.15) is 0 Å². The molecule has 1 atom stereocenters. The summed E-state index contributed by atoms with van der Waals surface area (Å²) >= 11 is 0. The van der Waals surface area contributed by atoms with E-state index in [1.54, 1.807) is 47.9 Å². The molecule has 0 saturated carbocycles. The number of ether oxygens (including phenoxy) is 1. The number of benzene rings is 1. The first-order valence-corrected chi connectivity index (χ1v) is 11.0. The van der Waals surface area contributed by atoms with Gasteiger partial charge in [-0.3, -0.25) is 14.6 Å². The number of pyridine rings is 1. The van der Waals surface area contributed by atoms with Crippen molar-refractivity contribution in [3.63, 3.8) is 0 Å². The van der Waals surface area contributed by atoms with Gasteiger partial charge < -0.3 is 19.5 Å². The maximum atomic E-state index is 13.2. The minimum atomic E-state index is -0.288. The average Bonchev–Trinajstić information content (AvgIpc) is 3.28. The number of halogens is 1. The number of nitrogens with one attached hydrogen (secondary N) is 1. The summed E-state index contributed by atoms with van der Waals surface area (Å²) in [6.45, 7) is 1.76. The molecule has 0 bridgehead atoms. The Hall–Kier alpha value is -3.59. The third kappa shape index (κ3) is 4.49. The summed E-state index contributed by atoms with van der Waals surface area (Å²) in [5.74, 6) is -0.623. The van der Waals surface area contributed by atoms with E-state index >= 15 is 0 Å². The molecule has 4 heterocycles. The Kier molecular flexibility index (Phi) is 5.87. The zero-order valence-electron chi connectivity index (χ0n) is 18.0. The van der Waals surface area contributed by atoms with E-state index in [-0.39, 0.29) is 36.3 Å².